The summed E-state index contributed by atoms with van der Waals surface area (Å²) >= 11 is 0. The van der Waals surface area contributed by atoms with Crippen LogP contribution in [-0.4, -0.2) is 42.1 Å². The summed E-state index contributed by atoms with van der Waals surface area (Å²) in [5, 5.41) is 9.39. The van der Waals surface area contributed by atoms with E-state index in [0.717, 1.165) is 30.6 Å². The Balaban J connectivity index is 1.78. The van der Waals surface area contributed by atoms with Crippen LogP contribution in [0.5, 0.6) is 11.5 Å². The van der Waals surface area contributed by atoms with E-state index in [1.165, 1.54) is 12.3 Å². The molecule has 1 aromatic heterocycles. The van der Waals surface area contributed by atoms with Crippen molar-refractivity contribution in [2.75, 3.05) is 20.3 Å². The number of rotatable bonds is 6. The van der Waals surface area contributed by atoms with E-state index in [1.807, 2.05) is 16.7 Å². The van der Waals surface area contributed by atoms with Crippen molar-refractivity contribution in [2.24, 2.45) is 5.92 Å². The Labute approximate surface area is 175 Å². The first-order chi connectivity index (χ1) is 14.4. The van der Waals surface area contributed by atoms with Gasteiger partial charge in [-0.25, -0.2) is 4.79 Å². The van der Waals surface area contributed by atoms with Crippen molar-refractivity contribution in [2.45, 2.75) is 45.3 Å². The van der Waals surface area contributed by atoms with E-state index in [1.54, 1.807) is 7.11 Å². The van der Waals surface area contributed by atoms with Crippen molar-refractivity contribution in [3.63, 3.8) is 0 Å². The van der Waals surface area contributed by atoms with E-state index in [-0.39, 0.29) is 23.6 Å². The van der Waals surface area contributed by atoms with Crippen molar-refractivity contribution >= 4 is 5.97 Å². The summed E-state index contributed by atoms with van der Waals surface area (Å²) in [7, 11) is 1.58. The van der Waals surface area contributed by atoms with Crippen LogP contribution in [0, 0.1) is 5.92 Å². The van der Waals surface area contributed by atoms with Gasteiger partial charge in [0.05, 0.1) is 18.9 Å². The lowest BCUT2D eigenvalue weighted by atomic mass is 9.87. The lowest BCUT2D eigenvalue weighted by Gasteiger charge is -2.33. The minimum Gasteiger partial charge on any atom is -0.493 e. The fraction of sp³-hybridized carbons (Fsp3) is 0.478. The van der Waals surface area contributed by atoms with Gasteiger partial charge in [-0.05, 0) is 42.9 Å². The Morgan fingerprint density at radius 3 is 2.73 bits per heavy atom. The zero-order chi connectivity index (χ0) is 21.4. The van der Waals surface area contributed by atoms with Gasteiger partial charge in [0.25, 0.3) is 0 Å². The zero-order valence-corrected chi connectivity index (χ0v) is 17.5. The molecule has 0 radical (unpaired) electrons. The van der Waals surface area contributed by atoms with Crippen LogP contribution >= 0.6 is 0 Å². The number of fused-ring (bicyclic) bond motifs is 3. The number of aromatic carboxylic acids is 1. The monoisotopic (exact) mass is 413 g/mol. The van der Waals surface area contributed by atoms with Gasteiger partial charge in [-0.2, -0.15) is 0 Å². The molecule has 0 bridgehead atoms. The number of ether oxygens (including phenoxy) is 3. The molecule has 30 heavy (non-hydrogen) atoms. The van der Waals surface area contributed by atoms with E-state index in [4.69, 9.17) is 14.2 Å². The zero-order valence-electron chi connectivity index (χ0n) is 17.5. The Bertz CT molecular complexity index is 1020. The van der Waals surface area contributed by atoms with Crippen LogP contribution in [0.1, 0.15) is 48.7 Å². The average Bonchev–Trinajstić information content (AvgIpc) is 3.23. The maximum Gasteiger partial charge on any atom is 0.341 e. The largest absolute Gasteiger partial charge is 0.493 e. The molecule has 0 unspecified atom stereocenters. The van der Waals surface area contributed by atoms with E-state index in [9.17, 15) is 14.7 Å². The lowest BCUT2D eigenvalue weighted by Crippen LogP contribution is -2.28. The highest BCUT2D eigenvalue weighted by Crippen LogP contribution is 2.42. The van der Waals surface area contributed by atoms with Crippen LogP contribution in [0.25, 0.3) is 11.3 Å². The molecule has 1 N–H and O–H groups in total. The summed E-state index contributed by atoms with van der Waals surface area (Å²) < 4.78 is 19.2. The minimum absolute atomic E-state index is 0.0330. The molecule has 0 saturated carbocycles. The van der Waals surface area contributed by atoms with Gasteiger partial charge in [-0.1, -0.05) is 13.8 Å². The summed E-state index contributed by atoms with van der Waals surface area (Å²) in [5.41, 5.74) is 1.91. The number of hydrogen-bond acceptors (Lipinski definition) is 5. The number of methoxy groups -OCH3 is 1. The van der Waals surface area contributed by atoms with Gasteiger partial charge in [0, 0.05) is 30.5 Å². The van der Waals surface area contributed by atoms with Crippen molar-refractivity contribution in [3.8, 4) is 22.8 Å². The molecule has 2 aliphatic rings. The number of nitrogens with zero attached hydrogens (tertiary/aromatic N) is 1. The van der Waals surface area contributed by atoms with Gasteiger partial charge in [0.2, 0.25) is 0 Å². The van der Waals surface area contributed by atoms with Gasteiger partial charge in [-0.15, -0.1) is 0 Å². The van der Waals surface area contributed by atoms with Crippen LogP contribution in [0.2, 0.25) is 0 Å². The molecular formula is C23H27NO6. The number of aromatic nitrogens is 1. The molecule has 2 aromatic rings. The van der Waals surface area contributed by atoms with Crippen molar-refractivity contribution < 1.29 is 24.1 Å². The second-order valence-electron chi connectivity index (χ2n) is 8.27. The van der Waals surface area contributed by atoms with Crippen LogP contribution in [-0.2, 0) is 11.2 Å². The van der Waals surface area contributed by atoms with Crippen LogP contribution in [0.3, 0.4) is 0 Å². The van der Waals surface area contributed by atoms with Crippen molar-refractivity contribution in [3.05, 3.63) is 45.7 Å². The Morgan fingerprint density at radius 1 is 1.30 bits per heavy atom. The standard InChI is InChI=1S/C23H27NO6/c1-13(2)18-7-14-8-22(30-12-15-5-4-6-29-15)21(28-3)9-16(14)19-10-20(25)17(23(26)27)11-24(18)19/h8-11,13,15,18H,4-7,12H2,1-3H3,(H,26,27)/t15-,18+/m1/s1. The third-order valence-electron chi connectivity index (χ3n) is 5.98. The van der Waals surface area contributed by atoms with Gasteiger partial charge >= 0.3 is 5.97 Å². The smallest absolute Gasteiger partial charge is 0.341 e. The van der Waals surface area contributed by atoms with E-state index in [0.29, 0.717) is 30.2 Å². The maximum atomic E-state index is 12.4. The molecule has 4 rings (SSSR count). The number of pyridine rings is 1. The highest BCUT2D eigenvalue weighted by atomic mass is 16.5. The van der Waals surface area contributed by atoms with Gasteiger partial charge in [0.1, 0.15) is 12.2 Å². The molecule has 1 saturated heterocycles. The summed E-state index contributed by atoms with van der Waals surface area (Å²) in [6.45, 7) is 5.43. The van der Waals surface area contributed by atoms with Gasteiger partial charge in [0.15, 0.2) is 16.9 Å². The Kier molecular flexibility index (Phi) is 5.56. The van der Waals surface area contributed by atoms with E-state index < -0.39 is 11.4 Å². The van der Waals surface area contributed by atoms with E-state index >= 15 is 0 Å². The molecule has 7 heteroatoms. The first kappa shape index (κ1) is 20.5. The normalized spacial score (nSPS) is 20.0. The third-order valence-corrected chi connectivity index (χ3v) is 5.98. The topological polar surface area (TPSA) is 87.0 Å². The van der Waals surface area contributed by atoms with Crippen molar-refractivity contribution in [1.82, 2.24) is 4.57 Å². The predicted molar refractivity (Wildman–Crippen MR) is 112 cm³/mol. The second-order valence-corrected chi connectivity index (χ2v) is 8.27. The molecule has 7 nitrogen and oxygen atoms in total. The molecule has 2 atom stereocenters. The van der Waals surface area contributed by atoms with Crippen LogP contribution < -0.4 is 14.9 Å². The van der Waals surface area contributed by atoms with Crippen LogP contribution in [0.15, 0.2) is 29.2 Å². The molecular weight excluding hydrogens is 386 g/mol. The summed E-state index contributed by atoms with van der Waals surface area (Å²) in [4.78, 5) is 23.9. The number of carbonyl (C=O) groups is 1. The fourth-order valence-corrected chi connectivity index (χ4v) is 4.32. The van der Waals surface area contributed by atoms with Crippen molar-refractivity contribution in [1.29, 1.82) is 0 Å². The Hall–Kier alpha value is -2.80. The van der Waals surface area contributed by atoms with Gasteiger partial charge in [-0.3, -0.25) is 4.79 Å². The summed E-state index contributed by atoms with van der Waals surface area (Å²) in [5.74, 6) is 0.279. The first-order valence-electron chi connectivity index (χ1n) is 10.3. The quantitative estimate of drug-likeness (QED) is 0.780. The number of benzene rings is 1. The molecule has 160 valence electrons. The molecule has 0 amide bonds. The lowest BCUT2D eigenvalue weighted by molar-refractivity contribution is 0.0669. The molecule has 1 aromatic carbocycles. The number of carboxylic acid groups (broad SMARTS) is 1. The minimum atomic E-state index is -1.21. The summed E-state index contributed by atoms with van der Waals surface area (Å²) in [6.07, 6.45) is 4.33. The first-order valence-corrected chi connectivity index (χ1v) is 10.3. The fourth-order valence-electron chi connectivity index (χ4n) is 4.32. The average molecular weight is 413 g/mol. The number of hydrogen-bond donors (Lipinski definition) is 1. The molecule has 3 heterocycles. The number of carboxylic acids is 1. The highest BCUT2D eigenvalue weighted by molar-refractivity contribution is 5.87. The molecule has 1 fully saturated rings. The van der Waals surface area contributed by atoms with E-state index in [2.05, 4.69) is 13.8 Å². The van der Waals surface area contributed by atoms with Crippen LogP contribution in [0.4, 0.5) is 0 Å². The molecule has 2 aliphatic heterocycles. The van der Waals surface area contributed by atoms with Gasteiger partial charge < -0.3 is 23.9 Å². The molecule has 0 spiro atoms. The predicted octanol–water partition coefficient (Wildman–Crippen LogP) is 3.53. The Morgan fingerprint density at radius 2 is 2.10 bits per heavy atom. The molecule has 0 aliphatic carbocycles. The third kappa shape index (κ3) is 3.69. The maximum absolute atomic E-state index is 12.4. The second kappa shape index (κ2) is 8.14. The SMILES string of the molecule is COc1cc2c(cc1OC[C@H]1CCCO1)C[C@@H](C(C)C)n1cc(C(=O)O)c(=O)cc1-2. The summed E-state index contributed by atoms with van der Waals surface area (Å²) in [6, 6.07) is 5.31. The highest BCUT2D eigenvalue weighted by Gasteiger charge is 2.29.